The number of amides is 3. The van der Waals surface area contributed by atoms with Gasteiger partial charge in [0.25, 0.3) is 0 Å². The molecule has 24 heavy (non-hydrogen) atoms. The fraction of sp³-hybridized carbons (Fsp3) is 0.368. The van der Waals surface area contributed by atoms with E-state index < -0.39 is 0 Å². The summed E-state index contributed by atoms with van der Waals surface area (Å²) in [5, 5.41) is 5.34. The number of urea groups is 1. The number of nitrogens with one attached hydrogen (secondary N) is 1. The zero-order chi connectivity index (χ0) is 16.9. The molecule has 0 bridgehead atoms. The number of rotatable bonds is 4. The van der Waals surface area contributed by atoms with Crippen LogP contribution in [0.3, 0.4) is 0 Å². The van der Waals surface area contributed by atoms with Crippen molar-refractivity contribution < 1.29 is 9.59 Å². The van der Waals surface area contributed by atoms with Crippen LogP contribution in [0.25, 0.3) is 10.8 Å². The van der Waals surface area contributed by atoms with Gasteiger partial charge in [-0.3, -0.25) is 4.79 Å². The van der Waals surface area contributed by atoms with Crippen LogP contribution < -0.4 is 11.1 Å². The fourth-order valence-electron chi connectivity index (χ4n) is 3.34. The highest BCUT2D eigenvalue weighted by Gasteiger charge is 2.24. The third-order valence-electron chi connectivity index (χ3n) is 4.55. The Bertz CT molecular complexity index is 744. The molecule has 3 N–H and O–H groups in total. The van der Waals surface area contributed by atoms with Crippen LogP contribution in [0.5, 0.6) is 0 Å². The highest BCUT2D eigenvalue weighted by molar-refractivity contribution is 5.83. The van der Waals surface area contributed by atoms with Crippen molar-refractivity contribution in [1.29, 1.82) is 0 Å². The highest BCUT2D eigenvalue weighted by Crippen LogP contribution is 2.20. The van der Waals surface area contributed by atoms with E-state index in [9.17, 15) is 9.59 Å². The van der Waals surface area contributed by atoms with Crippen LogP contribution in [0.1, 0.15) is 24.8 Å². The first-order valence-electron chi connectivity index (χ1n) is 8.40. The van der Waals surface area contributed by atoms with Gasteiger partial charge in [-0.25, -0.2) is 4.79 Å². The van der Waals surface area contributed by atoms with E-state index in [1.165, 1.54) is 10.8 Å². The Labute approximate surface area is 141 Å². The van der Waals surface area contributed by atoms with Crippen molar-refractivity contribution in [2.24, 2.45) is 11.7 Å². The van der Waals surface area contributed by atoms with Gasteiger partial charge in [-0.15, -0.1) is 0 Å². The zero-order valence-corrected chi connectivity index (χ0v) is 13.7. The summed E-state index contributed by atoms with van der Waals surface area (Å²) in [6.45, 7) is 1.84. The number of nitrogens with two attached hydrogens (primary N) is 1. The number of nitrogens with zero attached hydrogens (tertiary/aromatic N) is 1. The maximum Gasteiger partial charge on any atom is 0.317 e. The number of carbonyl (C=O) groups is 2. The molecule has 126 valence electrons. The molecule has 0 spiro atoms. The molecule has 5 heteroatoms. The molecule has 0 saturated carbocycles. The van der Waals surface area contributed by atoms with Gasteiger partial charge >= 0.3 is 6.03 Å². The van der Waals surface area contributed by atoms with Gasteiger partial charge in [0.05, 0.1) is 0 Å². The number of benzene rings is 2. The van der Waals surface area contributed by atoms with Crippen molar-refractivity contribution in [1.82, 2.24) is 10.2 Å². The summed E-state index contributed by atoms with van der Waals surface area (Å²) in [6, 6.07) is 14.3. The molecule has 2 aromatic carbocycles. The van der Waals surface area contributed by atoms with Crippen molar-refractivity contribution in [2.75, 3.05) is 13.1 Å². The van der Waals surface area contributed by atoms with Crippen LogP contribution in [-0.2, 0) is 11.3 Å². The first-order valence-corrected chi connectivity index (χ1v) is 8.40. The minimum Gasteiger partial charge on any atom is -0.370 e. The molecule has 1 atom stereocenters. The Kier molecular flexibility index (Phi) is 4.99. The normalized spacial score (nSPS) is 17.7. The molecule has 0 radical (unpaired) electrons. The molecule has 3 amide bonds. The van der Waals surface area contributed by atoms with E-state index in [2.05, 4.69) is 29.6 Å². The second-order valence-electron chi connectivity index (χ2n) is 6.46. The predicted octanol–water partition coefficient (Wildman–Crippen LogP) is 2.64. The van der Waals surface area contributed by atoms with Crippen LogP contribution in [0.2, 0.25) is 0 Å². The molecule has 0 aliphatic carbocycles. The Morgan fingerprint density at radius 2 is 1.96 bits per heavy atom. The van der Waals surface area contributed by atoms with Crippen molar-refractivity contribution >= 4 is 22.7 Å². The van der Waals surface area contributed by atoms with Crippen molar-refractivity contribution in [3.63, 3.8) is 0 Å². The number of likely N-dealkylation sites (tertiary alicyclic amines) is 1. The molecule has 1 saturated heterocycles. The fourth-order valence-corrected chi connectivity index (χ4v) is 3.34. The number of carbonyl (C=O) groups excluding carboxylic acids is 2. The largest absolute Gasteiger partial charge is 0.370 e. The maximum absolute atomic E-state index is 12.4. The number of primary amides is 1. The Morgan fingerprint density at radius 3 is 2.75 bits per heavy atom. The Hall–Kier alpha value is -2.56. The van der Waals surface area contributed by atoms with Crippen LogP contribution in [0.4, 0.5) is 4.79 Å². The number of hydrogen-bond acceptors (Lipinski definition) is 2. The lowest BCUT2D eigenvalue weighted by Gasteiger charge is -2.32. The van der Waals surface area contributed by atoms with E-state index in [0.717, 1.165) is 24.9 Å². The Morgan fingerprint density at radius 1 is 1.17 bits per heavy atom. The lowest BCUT2D eigenvalue weighted by Crippen LogP contribution is -2.45. The van der Waals surface area contributed by atoms with Crippen LogP contribution in [0.15, 0.2) is 42.5 Å². The molecule has 1 fully saturated rings. The lowest BCUT2D eigenvalue weighted by atomic mass is 9.95. The zero-order valence-electron chi connectivity index (χ0n) is 13.7. The van der Waals surface area contributed by atoms with Crippen LogP contribution >= 0.6 is 0 Å². The predicted molar refractivity (Wildman–Crippen MR) is 94.3 cm³/mol. The molecule has 2 aromatic rings. The van der Waals surface area contributed by atoms with E-state index >= 15 is 0 Å². The molecule has 0 aromatic heterocycles. The van der Waals surface area contributed by atoms with E-state index in [1.807, 2.05) is 18.2 Å². The van der Waals surface area contributed by atoms with E-state index in [1.54, 1.807) is 4.90 Å². The molecular formula is C19H23N3O2. The SMILES string of the molecule is NC(=O)C[C@H]1CCCN(C(=O)NCc2ccc3ccccc3c2)C1. The monoisotopic (exact) mass is 325 g/mol. The van der Waals surface area contributed by atoms with Gasteiger partial charge in [-0.05, 0) is 41.2 Å². The second-order valence-corrected chi connectivity index (χ2v) is 6.46. The second kappa shape index (κ2) is 7.34. The summed E-state index contributed by atoms with van der Waals surface area (Å²) >= 11 is 0. The first kappa shape index (κ1) is 16.3. The maximum atomic E-state index is 12.4. The van der Waals surface area contributed by atoms with Crippen LogP contribution in [0, 0.1) is 5.92 Å². The molecule has 1 aliphatic rings. The van der Waals surface area contributed by atoms with Gasteiger partial charge in [0.2, 0.25) is 5.91 Å². The molecule has 5 nitrogen and oxygen atoms in total. The molecule has 0 unspecified atom stereocenters. The number of fused-ring (bicyclic) bond motifs is 1. The summed E-state index contributed by atoms with van der Waals surface area (Å²) in [7, 11) is 0. The summed E-state index contributed by atoms with van der Waals surface area (Å²) in [6.07, 6.45) is 2.23. The van der Waals surface area contributed by atoms with Gasteiger partial charge in [-0.2, -0.15) is 0 Å². The quantitative estimate of drug-likeness (QED) is 0.907. The summed E-state index contributed by atoms with van der Waals surface area (Å²) in [4.78, 5) is 25.2. The third kappa shape index (κ3) is 4.04. The van der Waals surface area contributed by atoms with Gasteiger partial charge in [0.15, 0.2) is 0 Å². The van der Waals surface area contributed by atoms with E-state index in [-0.39, 0.29) is 17.9 Å². The topological polar surface area (TPSA) is 75.4 Å². The van der Waals surface area contributed by atoms with Gasteiger partial charge in [-0.1, -0.05) is 36.4 Å². The highest BCUT2D eigenvalue weighted by atomic mass is 16.2. The standard InChI is InChI=1S/C19H23N3O2/c20-18(23)11-15-4-3-9-22(13-15)19(24)21-12-14-7-8-16-5-1-2-6-17(16)10-14/h1-2,5-8,10,15H,3-4,9,11-13H2,(H2,20,23)(H,21,24)/t15-/m1/s1. The number of hydrogen-bond donors (Lipinski definition) is 2. The van der Waals surface area contributed by atoms with Crippen molar-refractivity contribution in [2.45, 2.75) is 25.8 Å². The first-order chi connectivity index (χ1) is 11.6. The molecular weight excluding hydrogens is 302 g/mol. The van der Waals surface area contributed by atoms with Crippen molar-refractivity contribution in [3.8, 4) is 0 Å². The molecule has 3 rings (SSSR count). The summed E-state index contributed by atoms with van der Waals surface area (Å²) in [5.41, 5.74) is 6.34. The van der Waals surface area contributed by atoms with Crippen LogP contribution in [-0.4, -0.2) is 29.9 Å². The summed E-state index contributed by atoms with van der Waals surface area (Å²) in [5.74, 6) is -0.110. The van der Waals surface area contributed by atoms with Crippen molar-refractivity contribution in [3.05, 3.63) is 48.0 Å². The Balaban J connectivity index is 1.56. The number of piperidine rings is 1. The minimum atomic E-state index is -0.293. The van der Waals surface area contributed by atoms with Gasteiger partial charge < -0.3 is 16.0 Å². The molecule has 1 heterocycles. The van der Waals surface area contributed by atoms with E-state index in [4.69, 9.17) is 5.73 Å². The lowest BCUT2D eigenvalue weighted by molar-refractivity contribution is -0.119. The average molecular weight is 325 g/mol. The smallest absolute Gasteiger partial charge is 0.317 e. The third-order valence-corrected chi connectivity index (χ3v) is 4.55. The summed E-state index contributed by atoms with van der Waals surface area (Å²) < 4.78 is 0. The molecule has 1 aliphatic heterocycles. The minimum absolute atomic E-state index is 0.0719. The average Bonchev–Trinajstić information content (AvgIpc) is 2.59. The van der Waals surface area contributed by atoms with Gasteiger partial charge in [0.1, 0.15) is 0 Å². The van der Waals surface area contributed by atoms with Gasteiger partial charge in [0, 0.05) is 26.1 Å². The van der Waals surface area contributed by atoms with E-state index in [0.29, 0.717) is 19.5 Å².